The lowest BCUT2D eigenvalue weighted by molar-refractivity contribution is 0.295. The molecule has 3 N–H and O–H groups in total. The van der Waals surface area contributed by atoms with Gasteiger partial charge in [0, 0.05) is 18.0 Å². The number of hydrogen-bond acceptors (Lipinski definition) is 7. The third kappa shape index (κ3) is 4.36. The Balaban J connectivity index is 1.28. The second-order valence-corrected chi connectivity index (χ2v) is 7.88. The van der Waals surface area contributed by atoms with Gasteiger partial charge < -0.3 is 20.2 Å². The van der Waals surface area contributed by atoms with Gasteiger partial charge in [0.25, 0.3) is 0 Å². The number of anilines is 1. The molecule has 3 aromatic heterocycles. The molecule has 1 unspecified atom stereocenters. The van der Waals surface area contributed by atoms with Gasteiger partial charge in [-0.3, -0.25) is 0 Å². The highest BCUT2D eigenvalue weighted by Gasteiger charge is 2.15. The summed E-state index contributed by atoms with van der Waals surface area (Å²) < 4.78 is 11.7. The Morgan fingerprint density at radius 2 is 2.03 bits per heavy atom. The van der Waals surface area contributed by atoms with Gasteiger partial charge in [0.2, 0.25) is 11.6 Å². The van der Waals surface area contributed by atoms with Crippen LogP contribution in [0.1, 0.15) is 19.3 Å². The lowest BCUT2D eigenvalue weighted by Crippen LogP contribution is -2.09. The number of aromatic nitrogens is 3. The van der Waals surface area contributed by atoms with Gasteiger partial charge >= 0.3 is 0 Å². The molecule has 7 heteroatoms. The molecular formula is C24H25N5O2. The van der Waals surface area contributed by atoms with Crippen molar-refractivity contribution in [2.45, 2.75) is 19.3 Å². The lowest BCUT2D eigenvalue weighted by atomic mass is 10.0. The zero-order chi connectivity index (χ0) is 21.0. The summed E-state index contributed by atoms with van der Waals surface area (Å²) >= 11 is 0. The summed E-state index contributed by atoms with van der Waals surface area (Å²) in [7, 11) is 0. The van der Waals surface area contributed by atoms with Crippen molar-refractivity contribution in [1.29, 1.82) is 0 Å². The van der Waals surface area contributed by atoms with E-state index in [9.17, 15) is 0 Å². The van der Waals surface area contributed by atoms with Crippen molar-refractivity contribution in [2.75, 3.05) is 25.4 Å². The third-order valence-corrected chi connectivity index (χ3v) is 5.69. The molecule has 4 aromatic rings. The molecule has 1 saturated heterocycles. The van der Waals surface area contributed by atoms with Crippen molar-refractivity contribution in [1.82, 2.24) is 20.3 Å². The number of oxazole rings is 1. The molecule has 0 spiro atoms. The second-order valence-electron chi connectivity index (χ2n) is 7.88. The monoisotopic (exact) mass is 415 g/mol. The molecule has 1 aliphatic heterocycles. The number of pyridine rings is 2. The predicted molar refractivity (Wildman–Crippen MR) is 121 cm³/mol. The van der Waals surface area contributed by atoms with Crippen LogP contribution < -0.4 is 15.8 Å². The highest BCUT2D eigenvalue weighted by Crippen LogP contribution is 2.31. The Morgan fingerprint density at radius 1 is 1.13 bits per heavy atom. The van der Waals surface area contributed by atoms with Crippen LogP contribution in [0, 0.1) is 5.92 Å². The molecule has 7 nitrogen and oxygen atoms in total. The standard InChI is InChI=1S/C24H25N5O2/c25-22-20(23-29-21-4-1-10-27-24(21)31-23)13-18(15-28-22)17-5-7-19(8-6-17)30-12-2-3-16-9-11-26-14-16/h1,4-8,10,13,15-16,26H,2-3,9,11-12,14H2,(H2,25,28). The molecular weight excluding hydrogens is 390 g/mol. The van der Waals surface area contributed by atoms with Crippen LogP contribution in [0.5, 0.6) is 5.75 Å². The number of hydrogen-bond donors (Lipinski definition) is 2. The Hall–Kier alpha value is -3.45. The number of nitrogens with one attached hydrogen (secondary N) is 1. The van der Waals surface area contributed by atoms with Gasteiger partial charge in [0.15, 0.2) is 0 Å². The number of nitrogens with zero attached hydrogens (tertiary/aromatic N) is 3. The van der Waals surface area contributed by atoms with E-state index in [0.29, 0.717) is 28.5 Å². The summed E-state index contributed by atoms with van der Waals surface area (Å²) in [6.07, 6.45) is 7.01. The van der Waals surface area contributed by atoms with Gasteiger partial charge in [-0.05, 0) is 74.2 Å². The maximum Gasteiger partial charge on any atom is 0.247 e. The second kappa shape index (κ2) is 8.73. The minimum atomic E-state index is 0.368. The minimum absolute atomic E-state index is 0.368. The van der Waals surface area contributed by atoms with E-state index >= 15 is 0 Å². The van der Waals surface area contributed by atoms with Crippen LogP contribution in [0.15, 0.2) is 59.3 Å². The first-order valence-electron chi connectivity index (χ1n) is 10.7. The maximum atomic E-state index is 6.10. The Bertz CT molecular complexity index is 1130. The topological polar surface area (TPSA) is 99.1 Å². The van der Waals surface area contributed by atoms with Crippen molar-refractivity contribution in [2.24, 2.45) is 5.92 Å². The molecule has 1 aliphatic rings. The predicted octanol–water partition coefficient (Wildman–Crippen LogP) is 4.30. The summed E-state index contributed by atoms with van der Waals surface area (Å²) in [5, 5.41) is 3.41. The van der Waals surface area contributed by atoms with Crippen LogP contribution in [0.2, 0.25) is 0 Å². The van der Waals surface area contributed by atoms with Crippen molar-refractivity contribution >= 4 is 17.0 Å². The van der Waals surface area contributed by atoms with Crippen LogP contribution in [0.3, 0.4) is 0 Å². The van der Waals surface area contributed by atoms with Gasteiger partial charge in [-0.1, -0.05) is 12.1 Å². The number of nitrogen functional groups attached to an aromatic ring is 1. The minimum Gasteiger partial charge on any atom is -0.494 e. The first-order chi connectivity index (χ1) is 15.3. The van der Waals surface area contributed by atoms with E-state index in [2.05, 4.69) is 20.3 Å². The van der Waals surface area contributed by atoms with Crippen molar-refractivity contribution in [3.05, 3.63) is 54.9 Å². The zero-order valence-corrected chi connectivity index (χ0v) is 17.3. The summed E-state index contributed by atoms with van der Waals surface area (Å²) in [5.74, 6) is 2.46. The summed E-state index contributed by atoms with van der Waals surface area (Å²) in [4.78, 5) is 13.0. The van der Waals surface area contributed by atoms with Gasteiger partial charge in [0.1, 0.15) is 17.1 Å². The molecule has 0 saturated carbocycles. The van der Waals surface area contributed by atoms with E-state index < -0.39 is 0 Å². The summed E-state index contributed by atoms with van der Waals surface area (Å²) in [5.41, 5.74) is 9.87. The van der Waals surface area contributed by atoms with Crippen LogP contribution in [-0.4, -0.2) is 34.6 Å². The molecule has 0 bridgehead atoms. The van der Waals surface area contributed by atoms with Crippen molar-refractivity contribution < 1.29 is 9.15 Å². The SMILES string of the molecule is Nc1ncc(-c2ccc(OCCCC3CCNC3)cc2)cc1-c1nc2cccnc2o1. The molecule has 0 aliphatic carbocycles. The van der Waals surface area contributed by atoms with Gasteiger partial charge in [-0.25, -0.2) is 15.0 Å². The molecule has 0 amide bonds. The molecule has 1 fully saturated rings. The normalized spacial score (nSPS) is 16.1. The van der Waals surface area contributed by atoms with Gasteiger partial charge in [-0.15, -0.1) is 0 Å². The van der Waals surface area contributed by atoms with E-state index in [4.69, 9.17) is 14.9 Å². The van der Waals surface area contributed by atoms with E-state index in [-0.39, 0.29) is 0 Å². The first kappa shape index (κ1) is 19.5. The smallest absolute Gasteiger partial charge is 0.247 e. The Kier molecular flexibility index (Phi) is 5.50. The van der Waals surface area contributed by atoms with E-state index in [1.807, 2.05) is 42.5 Å². The fourth-order valence-electron chi connectivity index (χ4n) is 3.96. The molecule has 1 atom stereocenters. The average Bonchev–Trinajstić information content (AvgIpc) is 3.47. The average molecular weight is 415 g/mol. The van der Waals surface area contributed by atoms with Crippen LogP contribution >= 0.6 is 0 Å². The Morgan fingerprint density at radius 3 is 2.84 bits per heavy atom. The first-order valence-corrected chi connectivity index (χ1v) is 10.7. The summed E-state index contributed by atoms with van der Waals surface area (Å²) in [6.45, 7) is 3.04. The molecule has 5 rings (SSSR count). The highest BCUT2D eigenvalue weighted by atomic mass is 16.5. The molecule has 4 heterocycles. The zero-order valence-electron chi connectivity index (χ0n) is 17.3. The quantitative estimate of drug-likeness (QED) is 0.434. The van der Waals surface area contributed by atoms with E-state index in [0.717, 1.165) is 48.9 Å². The fourth-order valence-corrected chi connectivity index (χ4v) is 3.96. The van der Waals surface area contributed by atoms with Crippen LogP contribution in [0.25, 0.3) is 33.8 Å². The lowest BCUT2D eigenvalue weighted by Gasteiger charge is -2.10. The van der Waals surface area contributed by atoms with E-state index in [1.165, 1.54) is 12.8 Å². The van der Waals surface area contributed by atoms with Gasteiger partial charge in [-0.2, -0.15) is 0 Å². The third-order valence-electron chi connectivity index (χ3n) is 5.69. The van der Waals surface area contributed by atoms with Crippen molar-refractivity contribution in [3.8, 4) is 28.3 Å². The number of benzene rings is 1. The largest absolute Gasteiger partial charge is 0.494 e. The van der Waals surface area contributed by atoms with E-state index in [1.54, 1.807) is 12.4 Å². The van der Waals surface area contributed by atoms with Crippen LogP contribution in [-0.2, 0) is 0 Å². The maximum absolute atomic E-state index is 6.10. The fraction of sp³-hybridized carbons (Fsp3) is 0.292. The number of ether oxygens (including phenoxy) is 1. The molecule has 0 radical (unpaired) electrons. The number of rotatable bonds is 7. The molecule has 158 valence electrons. The van der Waals surface area contributed by atoms with Gasteiger partial charge in [0.05, 0.1) is 12.2 Å². The number of fused-ring (bicyclic) bond motifs is 1. The Labute approximate surface area is 180 Å². The molecule has 1 aromatic carbocycles. The highest BCUT2D eigenvalue weighted by molar-refractivity contribution is 5.79. The molecule has 31 heavy (non-hydrogen) atoms. The number of nitrogens with two attached hydrogens (primary N) is 1. The van der Waals surface area contributed by atoms with Crippen LogP contribution in [0.4, 0.5) is 5.82 Å². The summed E-state index contributed by atoms with van der Waals surface area (Å²) in [6, 6.07) is 13.7. The van der Waals surface area contributed by atoms with Crippen molar-refractivity contribution in [3.63, 3.8) is 0 Å².